The Morgan fingerprint density at radius 3 is 2.95 bits per heavy atom. The number of H-pyrrole nitrogens is 1. The fraction of sp³-hybridized carbons (Fsp3) is 0.562. The van der Waals surface area contributed by atoms with Crippen molar-refractivity contribution >= 4 is 17.2 Å². The van der Waals surface area contributed by atoms with Crippen molar-refractivity contribution in [2.75, 3.05) is 13.1 Å². The number of thiophene rings is 1. The first-order chi connectivity index (χ1) is 10.7. The van der Waals surface area contributed by atoms with E-state index in [0.717, 1.165) is 48.0 Å². The Balaban J connectivity index is 1.49. The van der Waals surface area contributed by atoms with E-state index in [1.165, 1.54) is 24.2 Å². The lowest BCUT2D eigenvalue weighted by molar-refractivity contribution is 0.0709. The van der Waals surface area contributed by atoms with Gasteiger partial charge in [-0.1, -0.05) is 0 Å². The van der Waals surface area contributed by atoms with E-state index in [2.05, 4.69) is 15.2 Å². The molecule has 116 valence electrons. The maximum atomic E-state index is 12.7. The van der Waals surface area contributed by atoms with Gasteiger partial charge in [-0.2, -0.15) is 5.10 Å². The van der Waals surface area contributed by atoms with Crippen LogP contribution in [0, 0.1) is 6.92 Å². The van der Waals surface area contributed by atoms with Crippen molar-refractivity contribution < 1.29 is 4.79 Å². The molecule has 22 heavy (non-hydrogen) atoms. The van der Waals surface area contributed by atoms with Crippen LogP contribution < -0.4 is 0 Å². The van der Waals surface area contributed by atoms with Crippen LogP contribution in [0.2, 0.25) is 0 Å². The lowest BCUT2D eigenvalue weighted by Crippen LogP contribution is -2.39. The molecule has 2 aromatic heterocycles. The second-order valence-corrected chi connectivity index (χ2v) is 7.29. The average molecular weight is 316 g/mol. The molecule has 1 N–H and O–H groups in total. The van der Waals surface area contributed by atoms with E-state index in [0.29, 0.717) is 5.92 Å². The summed E-state index contributed by atoms with van der Waals surface area (Å²) in [5.74, 6) is 2.95. The van der Waals surface area contributed by atoms with Gasteiger partial charge in [0, 0.05) is 24.9 Å². The van der Waals surface area contributed by atoms with Crippen molar-refractivity contribution in [2.24, 2.45) is 0 Å². The van der Waals surface area contributed by atoms with Gasteiger partial charge in [0.25, 0.3) is 5.91 Å². The molecule has 2 aliphatic rings. The standard InChI is InChI=1S/C16H20N4OS/c1-10-6-8-22-13(10)16(21)20-7-2-3-12(9-20)15-17-14(18-19-15)11-4-5-11/h6,8,11-12H,2-5,7,9H2,1H3,(H,17,18,19)/t12-/m0/s1. The molecule has 1 saturated carbocycles. The van der Waals surface area contributed by atoms with Crippen LogP contribution >= 0.6 is 11.3 Å². The third-order valence-electron chi connectivity index (χ3n) is 4.61. The molecule has 1 atom stereocenters. The first-order valence-corrected chi connectivity index (χ1v) is 8.86. The minimum absolute atomic E-state index is 0.162. The van der Waals surface area contributed by atoms with E-state index in [9.17, 15) is 4.79 Å². The van der Waals surface area contributed by atoms with Crippen molar-refractivity contribution in [3.63, 3.8) is 0 Å². The molecule has 6 heteroatoms. The van der Waals surface area contributed by atoms with Crippen LogP contribution in [0.1, 0.15) is 64.4 Å². The fourth-order valence-corrected chi connectivity index (χ4v) is 4.01. The molecule has 0 spiro atoms. The molecule has 1 saturated heterocycles. The SMILES string of the molecule is Cc1ccsc1C(=O)N1CCC[C@H](c2n[nH]c(C3CC3)n2)C1. The van der Waals surface area contributed by atoms with Gasteiger partial charge < -0.3 is 4.90 Å². The van der Waals surface area contributed by atoms with Crippen LogP contribution in [0.5, 0.6) is 0 Å². The number of amides is 1. The van der Waals surface area contributed by atoms with Gasteiger partial charge in [0.2, 0.25) is 0 Å². The van der Waals surface area contributed by atoms with Gasteiger partial charge >= 0.3 is 0 Å². The van der Waals surface area contributed by atoms with Gasteiger partial charge in [0.15, 0.2) is 5.82 Å². The van der Waals surface area contributed by atoms with Crippen molar-refractivity contribution in [2.45, 2.75) is 44.4 Å². The summed E-state index contributed by atoms with van der Waals surface area (Å²) < 4.78 is 0. The summed E-state index contributed by atoms with van der Waals surface area (Å²) in [5.41, 5.74) is 1.08. The van der Waals surface area contributed by atoms with Crippen LogP contribution in [-0.2, 0) is 0 Å². The number of piperidine rings is 1. The molecule has 0 aromatic carbocycles. The third kappa shape index (κ3) is 2.56. The number of aromatic amines is 1. The topological polar surface area (TPSA) is 61.9 Å². The van der Waals surface area contributed by atoms with Crippen LogP contribution in [0.3, 0.4) is 0 Å². The van der Waals surface area contributed by atoms with Crippen LogP contribution in [0.25, 0.3) is 0 Å². The summed E-state index contributed by atoms with van der Waals surface area (Å²) >= 11 is 1.54. The molecule has 5 nitrogen and oxygen atoms in total. The number of hydrogen-bond donors (Lipinski definition) is 1. The van der Waals surface area contributed by atoms with Crippen LogP contribution in [-0.4, -0.2) is 39.1 Å². The van der Waals surface area contributed by atoms with Crippen LogP contribution in [0.15, 0.2) is 11.4 Å². The van der Waals surface area contributed by atoms with Crippen molar-refractivity contribution in [3.8, 4) is 0 Å². The summed E-state index contributed by atoms with van der Waals surface area (Å²) in [4.78, 5) is 20.2. The Morgan fingerprint density at radius 2 is 2.23 bits per heavy atom. The summed E-state index contributed by atoms with van der Waals surface area (Å²) in [7, 11) is 0. The Hall–Kier alpha value is -1.69. The predicted molar refractivity (Wildman–Crippen MR) is 85.3 cm³/mol. The number of nitrogens with one attached hydrogen (secondary N) is 1. The fourth-order valence-electron chi connectivity index (χ4n) is 3.12. The number of likely N-dealkylation sites (tertiary alicyclic amines) is 1. The zero-order chi connectivity index (χ0) is 15.1. The molecule has 0 unspecified atom stereocenters. The number of hydrogen-bond acceptors (Lipinski definition) is 4. The van der Waals surface area contributed by atoms with Gasteiger partial charge in [-0.15, -0.1) is 11.3 Å². The normalized spacial score (nSPS) is 22.0. The van der Waals surface area contributed by atoms with Crippen molar-refractivity contribution in [1.82, 2.24) is 20.1 Å². The Bertz CT molecular complexity index is 688. The molecule has 2 aromatic rings. The number of aromatic nitrogens is 3. The molecule has 0 bridgehead atoms. The number of rotatable bonds is 3. The zero-order valence-corrected chi connectivity index (χ0v) is 13.5. The largest absolute Gasteiger partial charge is 0.337 e. The summed E-state index contributed by atoms with van der Waals surface area (Å²) in [6.07, 6.45) is 4.53. The first kappa shape index (κ1) is 13.9. The Kier molecular flexibility index (Phi) is 3.48. The quantitative estimate of drug-likeness (QED) is 0.946. The molecule has 0 radical (unpaired) electrons. The van der Waals surface area contributed by atoms with E-state index < -0.39 is 0 Å². The molecule has 1 amide bonds. The van der Waals surface area contributed by atoms with E-state index in [1.807, 2.05) is 23.3 Å². The lowest BCUT2D eigenvalue weighted by atomic mass is 9.97. The van der Waals surface area contributed by atoms with Gasteiger partial charge in [-0.25, -0.2) is 4.98 Å². The summed E-state index contributed by atoms with van der Waals surface area (Å²) in [6, 6.07) is 2.01. The van der Waals surface area contributed by atoms with Crippen LogP contribution in [0.4, 0.5) is 0 Å². The number of nitrogens with zero attached hydrogens (tertiary/aromatic N) is 3. The van der Waals surface area contributed by atoms with Gasteiger partial charge in [0.1, 0.15) is 5.82 Å². The first-order valence-electron chi connectivity index (χ1n) is 7.98. The van der Waals surface area contributed by atoms with E-state index in [-0.39, 0.29) is 11.8 Å². The number of carbonyl (C=O) groups excluding carboxylic acids is 1. The molecule has 2 fully saturated rings. The zero-order valence-electron chi connectivity index (χ0n) is 12.7. The van der Waals surface area contributed by atoms with E-state index in [4.69, 9.17) is 0 Å². The second kappa shape index (κ2) is 5.50. The van der Waals surface area contributed by atoms with Gasteiger partial charge in [0.05, 0.1) is 4.88 Å². The molecular formula is C16H20N4OS. The maximum absolute atomic E-state index is 12.7. The highest BCUT2D eigenvalue weighted by molar-refractivity contribution is 7.12. The monoisotopic (exact) mass is 316 g/mol. The van der Waals surface area contributed by atoms with Crippen molar-refractivity contribution in [1.29, 1.82) is 0 Å². The smallest absolute Gasteiger partial charge is 0.264 e. The molecule has 1 aliphatic carbocycles. The van der Waals surface area contributed by atoms with E-state index >= 15 is 0 Å². The third-order valence-corrected chi connectivity index (χ3v) is 5.62. The van der Waals surface area contributed by atoms with Gasteiger partial charge in [-0.05, 0) is 49.6 Å². The summed E-state index contributed by atoms with van der Waals surface area (Å²) in [6.45, 7) is 3.58. The number of carbonyl (C=O) groups is 1. The maximum Gasteiger partial charge on any atom is 0.264 e. The highest BCUT2D eigenvalue weighted by atomic mass is 32.1. The lowest BCUT2D eigenvalue weighted by Gasteiger charge is -2.31. The molecule has 4 rings (SSSR count). The minimum Gasteiger partial charge on any atom is -0.337 e. The average Bonchev–Trinajstić information content (AvgIpc) is 3.11. The van der Waals surface area contributed by atoms with Gasteiger partial charge in [-0.3, -0.25) is 9.89 Å². The Morgan fingerprint density at radius 1 is 1.36 bits per heavy atom. The summed E-state index contributed by atoms with van der Waals surface area (Å²) in [5, 5.41) is 9.47. The second-order valence-electron chi connectivity index (χ2n) is 6.38. The predicted octanol–water partition coefficient (Wildman–Crippen LogP) is 3.07. The molecule has 3 heterocycles. The number of aryl methyl sites for hydroxylation is 1. The minimum atomic E-state index is 0.162. The van der Waals surface area contributed by atoms with Crippen molar-refractivity contribution in [3.05, 3.63) is 33.5 Å². The molecular weight excluding hydrogens is 296 g/mol. The highest BCUT2D eigenvalue weighted by Crippen LogP contribution is 2.38. The highest BCUT2D eigenvalue weighted by Gasteiger charge is 2.31. The van der Waals surface area contributed by atoms with E-state index in [1.54, 1.807) is 0 Å². The Labute approximate surface area is 133 Å². The molecule has 1 aliphatic heterocycles.